The number of aryl methyl sites for hydroxylation is 1. The quantitative estimate of drug-likeness (QED) is 0.595. The maximum atomic E-state index is 13.2. The zero-order chi connectivity index (χ0) is 13.3. The number of rotatable bonds is 2. The van der Waals surface area contributed by atoms with Gasteiger partial charge in [0.05, 0.1) is 5.38 Å². The summed E-state index contributed by atoms with van der Waals surface area (Å²) in [5, 5.41) is 0.267. The molecule has 0 aliphatic rings. The summed E-state index contributed by atoms with van der Waals surface area (Å²) >= 11 is 15.8. The van der Waals surface area contributed by atoms with Gasteiger partial charge in [0.15, 0.2) is 0 Å². The lowest BCUT2D eigenvalue weighted by molar-refractivity contribution is 0.617. The highest BCUT2D eigenvalue weighted by Crippen LogP contribution is 2.33. The molecule has 2 aromatic rings. The fourth-order valence-corrected chi connectivity index (χ4v) is 2.89. The molecule has 4 heteroatoms. The van der Waals surface area contributed by atoms with E-state index in [1.165, 1.54) is 6.07 Å². The van der Waals surface area contributed by atoms with Crippen LogP contribution in [0.4, 0.5) is 4.39 Å². The van der Waals surface area contributed by atoms with E-state index in [4.69, 9.17) is 23.2 Å². The number of halogens is 4. The van der Waals surface area contributed by atoms with Crippen molar-refractivity contribution < 1.29 is 4.39 Å². The molecule has 0 saturated heterocycles. The van der Waals surface area contributed by atoms with Crippen molar-refractivity contribution in [1.82, 2.24) is 0 Å². The van der Waals surface area contributed by atoms with E-state index in [9.17, 15) is 4.39 Å². The van der Waals surface area contributed by atoms with Crippen LogP contribution in [0.15, 0.2) is 40.9 Å². The minimum atomic E-state index is -0.348. The molecular formula is C14H10BrCl2F. The van der Waals surface area contributed by atoms with Crippen LogP contribution < -0.4 is 0 Å². The number of hydrogen-bond acceptors (Lipinski definition) is 0. The Kier molecular flexibility index (Phi) is 4.31. The summed E-state index contributed by atoms with van der Waals surface area (Å²) in [6.45, 7) is 1.72. The molecule has 18 heavy (non-hydrogen) atoms. The molecule has 0 aromatic heterocycles. The van der Waals surface area contributed by atoms with Crippen LogP contribution in [0.1, 0.15) is 22.1 Å². The largest absolute Gasteiger partial charge is 0.207 e. The van der Waals surface area contributed by atoms with Gasteiger partial charge in [-0.3, -0.25) is 0 Å². The minimum Gasteiger partial charge on any atom is -0.207 e. The van der Waals surface area contributed by atoms with Gasteiger partial charge in [0.2, 0.25) is 0 Å². The number of alkyl halides is 1. The Balaban J connectivity index is 2.40. The van der Waals surface area contributed by atoms with Crippen molar-refractivity contribution in [2.24, 2.45) is 0 Å². The minimum absolute atomic E-state index is 0.227. The average Bonchev–Trinajstić information content (AvgIpc) is 2.30. The maximum absolute atomic E-state index is 13.2. The molecule has 0 bridgehead atoms. The second kappa shape index (κ2) is 5.60. The second-order valence-electron chi connectivity index (χ2n) is 4.07. The van der Waals surface area contributed by atoms with Crippen molar-refractivity contribution >= 4 is 39.1 Å². The lowest BCUT2D eigenvalue weighted by Crippen LogP contribution is -1.95. The molecule has 1 unspecified atom stereocenters. The summed E-state index contributed by atoms with van der Waals surface area (Å²) < 4.78 is 14.1. The smallest absolute Gasteiger partial charge is 0.126 e. The Morgan fingerprint density at radius 3 is 2.44 bits per heavy atom. The van der Waals surface area contributed by atoms with Crippen molar-refractivity contribution in [3.63, 3.8) is 0 Å². The van der Waals surface area contributed by atoms with Gasteiger partial charge < -0.3 is 0 Å². The predicted molar refractivity (Wildman–Crippen MR) is 78.0 cm³/mol. The monoisotopic (exact) mass is 346 g/mol. The zero-order valence-corrected chi connectivity index (χ0v) is 12.7. The third-order valence-electron chi connectivity index (χ3n) is 2.65. The Bertz CT molecular complexity index is 564. The Morgan fingerprint density at radius 1 is 1.11 bits per heavy atom. The Labute approximate surface area is 124 Å². The molecule has 2 rings (SSSR count). The van der Waals surface area contributed by atoms with E-state index in [0.717, 1.165) is 15.6 Å². The molecule has 2 aromatic carbocycles. The van der Waals surface area contributed by atoms with Gasteiger partial charge in [-0.25, -0.2) is 4.39 Å². The molecule has 0 heterocycles. The summed E-state index contributed by atoms with van der Waals surface area (Å²) in [5.41, 5.74) is 2.31. The summed E-state index contributed by atoms with van der Waals surface area (Å²) in [5.74, 6) is -0.227. The summed E-state index contributed by atoms with van der Waals surface area (Å²) in [6, 6.07) is 10.4. The number of hydrogen-bond donors (Lipinski definition) is 0. The highest BCUT2D eigenvalue weighted by molar-refractivity contribution is 9.10. The highest BCUT2D eigenvalue weighted by atomic mass is 79.9. The summed E-state index contributed by atoms with van der Waals surface area (Å²) in [6.07, 6.45) is 0. The molecule has 0 amide bonds. The van der Waals surface area contributed by atoms with Crippen LogP contribution in [-0.2, 0) is 0 Å². The van der Waals surface area contributed by atoms with Crippen LogP contribution in [0, 0.1) is 12.7 Å². The maximum Gasteiger partial charge on any atom is 0.126 e. The molecule has 1 atom stereocenters. The van der Waals surface area contributed by atoms with E-state index in [1.54, 1.807) is 25.1 Å². The van der Waals surface area contributed by atoms with Crippen molar-refractivity contribution in [3.05, 3.63) is 68.4 Å². The normalized spacial score (nSPS) is 12.5. The van der Waals surface area contributed by atoms with Gasteiger partial charge in [-0.1, -0.05) is 39.7 Å². The van der Waals surface area contributed by atoms with Crippen LogP contribution in [0.25, 0.3) is 0 Å². The number of benzene rings is 2. The molecule has 0 aliphatic heterocycles. The fourth-order valence-electron chi connectivity index (χ4n) is 1.74. The van der Waals surface area contributed by atoms with Gasteiger partial charge >= 0.3 is 0 Å². The molecule has 0 fully saturated rings. The predicted octanol–water partition coefficient (Wildman–Crippen LogP) is 5.88. The molecule has 94 valence electrons. The molecule has 0 aliphatic carbocycles. The lowest BCUT2D eigenvalue weighted by atomic mass is 10.0. The molecule has 0 nitrogen and oxygen atoms in total. The molecule has 0 spiro atoms. The van der Waals surface area contributed by atoms with Gasteiger partial charge in [0.1, 0.15) is 5.82 Å². The Morgan fingerprint density at radius 2 is 1.83 bits per heavy atom. The van der Waals surface area contributed by atoms with Crippen LogP contribution in [-0.4, -0.2) is 0 Å². The molecule has 0 radical (unpaired) electrons. The van der Waals surface area contributed by atoms with Gasteiger partial charge in [0.25, 0.3) is 0 Å². The molecular weight excluding hydrogens is 338 g/mol. The highest BCUT2D eigenvalue weighted by Gasteiger charge is 2.13. The van der Waals surface area contributed by atoms with Crippen molar-refractivity contribution in [2.75, 3.05) is 0 Å². The van der Waals surface area contributed by atoms with E-state index in [2.05, 4.69) is 15.9 Å². The van der Waals surface area contributed by atoms with Gasteiger partial charge in [-0.05, 0) is 47.9 Å². The zero-order valence-electron chi connectivity index (χ0n) is 9.55. The SMILES string of the molecule is Cc1cc(C(Cl)c2cc(Cl)cc(Br)c2)ccc1F. The van der Waals surface area contributed by atoms with Crippen LogP contribution in [0.2, 0.25) is 5.02 Å². The van der Waals surface area contributed by atoms with Gasteiger partial charge in [-0.15, -0.1) is 11.6 Å². The second-order valence-corrected chi connectivity index (χ2v) is 5.86. The van der Waals surface area contributed by atoms with Crippen molar-refractivity contribution in [2.45, 2.75) is 12.3 Å². The van der Waals surface area contributed by atoms with E-state index in [0.29, 0.717) is 10.6 Å². The van der Waals surface area contributed by atoms with Crippen molar-refractivity contribution in [3.8, 4) is 0 Å². The topological polar surface area (TPSA) is 0 Å². The molecule has 0 saturated carbocycles. The third kappa shape index (κ3) is 3.05. The van der Waals surface area contributed by atoms with Gasteiger partial charge in [-0.2, -0.15) is 0 Å². The third-order valence-corrected chi connectivity index (χ3v) is 3.83. The lowest BCUT2D eigenvalue weighted by Gasteiger charge is -2.12. The van der Waals surface area contributed by atoms with Gasteiger partial charge in [0, 0.05) is 9.50 Å². The average molecular weight is 348 g/mol. The van der Waals surface area contributed by atoms with Crippen LogP contribution >= 0.6 is 39.1 Å². The first-order chi connectivity index (χ1) is 8.47. The first-order valence-electron chi connectivity index (χ1n) is 5.33. The van der Waals surface area contributed by atoms with E-state index < -0.39 is 0 Å². The van der Waals surface area contributed by atoms with Crippen molar-refractivity contribution in [1.29, 1.82) is 0 Å². The summed E-state index contributed by atoms with van der Waals surface area (Å²) in [4.78, 5) is 0. The van der Waals surface area contributed by atoms with Crippen LogP contribution in [0.5, 0.6) is 0 Å². The van der Waals surface area contributed by atoms with Crippen LogP contribution in [0.3, 0.4) is 0 Å². The molecule has 0 N–H and O–H groups in total. The first-order valence-corrected chi connectivity index (χ1v) is 6.94. The first kappa shape index (κ1) is 13.9. The summed E-state index contributed by atoms with van der Waals surface area (Å²) in [7, 11) is 0. The van der Waals surface area contributed by atoms with E-state index in [1.807, 2.05) is 12.1 Å². The van der Waals surface area contributed by atoms with E-state index >= 15 is 0 Å². The Hall–Kier alpha value is -0.570. The fraction of sp³-hybridized carbons (Fsp3) is 0.143. The standard InChI is InChI=1S/C14H10BrCl2F/c1-8-4-9(2-3-13(8)18)14(17)10-5-11(15)7-12(16)6-10/h2-7,14H,1H3. The van der Waals surface area contributed by atoms with E-state index in [-0.39, 0.29) is 11.2 Å².